The van der Waals surface area contributed by atoms with Gasteiger partial charge < -0.3 is 15.4 Å². The highest BCUT2D eigenvalue weighted by Crippen LogP contribution is 2.22. The Morgan fingerprint density at radius 1 is 1.60 bits per heavy atom. The minimum absolute atomic E-state index is 0.0435. The Morgan fingerprint density at radius 3 is 2.93 bits per heavy atom. The summed E-state index contributed by atoms with van der Waals surface area (Å²) in [5.74, 6) is 0.601. The van der Waals surface area contributed by atoms with Crippen LogP contribution in [0.25, 0.3) is 0 Å². The number of hydrogen-bond donors (Lipinski definition) is 2. The van der Waals surface area contributed by atoms with Gasteiger partial charge >= 0.3 is 0 Å². The SMILES string of the molecule is CCC1OCCC1CNC(C)C(=O)NC. The standard InChI is InChI=1S/C11H22N2O2/c1-4-10-9(5-6-15-10)7-13-8(2)11(14)12-3/h8-10,13H,4-7H2,1-3H3,(H,12,14). The zero-order valence-electron chi connectivity index (χ0n) is 9.88. The molecule has 0 saturated carbocycles. The highest BCUT2D eigenvalue weighted by molar-refractivity contribution is 5.80. The minimum Gasteiger partial charge on any atom is -0.378 e. The Hall–Kier alpha value is -0.610. The number of nitrogens with one attached hydrogen (secondary N) is 2. The molecule has 1 aliphatic rings. The number of likely N-dealkylation sites (N-methyl/N-ethyl adjacent to an activating group) is 1. The van der Waals surface area contributed by atoms with Crippen molar-refractivity contribution in [3.8, 4) is 0 Å². The van der Waals surface area contributed by atoms with Crippen molar-refractivity contribution in [3.63, 3.8) is 0 Å². The fourth-order valence-electron chi connectivity index (χ4n) is 2.01. The van der Waals surface area contributed by atoms with Crippen molar-refractivity contribution >= 4 is 5.91 Å². The van der Waals surface area contributed by atoms with E-state index in [0.717, 1.165) is 26.0 Å². The van der Waals surface area contributed by atoms with Gasteiger partial charge in [-0.3, -0.25) is 4.79 Å². The molecule has 1 heterocycles. The lowest BCUT2D eigenvalue weighted by Gasteiger charge is -2.19. The van der Waals surface area contributed by atoms with Crippen LogP contribution in [0.3, 0.4) is 0 Å². The van der Waals surface area contributed by atoms with Gasteiger partial charge in [0.25, 0.3) is 0 Å². The van der Waals surface area contributed by atoms with Gasteiger partial charge in [-0.1, -0.05) is 6.92 Å². The monoisotopic (exact) mass is 214 g/mol. The van der Waals surface area contributed by atoms with Crippen LogP contribution >= 0.6 is 0 Å². The van der Waals surface area contributed by atoms with Gasteiger partial charge in [0, 0.05) is 20.2 Å². The van der Waals surface area contributed by atoms with Gasteiger partial charge in [0.1, 0.15) is 0 Å². The average molecular weight is 214 g/mol. The van der Waals surface area contributed by atoms with Crippen LogP contribution in [-0.2, 0) is 9.53 Å². The van der Waals surface area contributed by atoms with E-state index in [9.17, 15) is 4.79 Å². The van der Waals surface area contributed by atoms with E-state index in [2.05, 4.69) is 17.6 Å². The summed E-state index contributed by atoms with van der Waals surface area (Å²) in [5, 5.41) is 5.88. The zero-order valence-corrected chi connectivity index (χ0v) is 9.88. The minimum atomic E-state index is -0.117. The molecule has 2 N–H and O–H groups in total. The van der Waals surface area contributed by atoms with Crippen LogP contribution in [0.1, 0.15) is 26.7 Å². The molecule has 4 heteroatoms. The van der Waals surface area contributed by atoms with E-state index in [4.69, 9.17) is 4.74 Å². The third kappa shape index (κ3) is 3.47. The Morgan fingerprint density at radius 2 is 2.33 bits per heavy atom. The van der Waals surface area contributed by atoms with Gasteiger partial charge in [-0.05, 0) is 25.7 Å². The van der Waals surface area contributed by atoms with E-state index >= 15 is 0 Å². The summed E-state index contributed by atoms with van der Waals surface area (Å²) < 4.78 is 5.59. The second-order valence-electron chi connectivity index (χ2n) is 4.11. The first-order valence-corrected chi connectivity index (χ1v) is 5.75. The molecule has 0 aromatic heterocycles. The molecule has 1 amide bonds. The number of carbonyl (C=O) groups excluding carboxylic acids is 1. The second-order valence-corrected chi connectivity index (χ2v) is 4.11. The maximum absolute atomic E-state index is 11.3. The van der Waals surface area contributed by atoms with Crippen molar-refractivity contribution < 1.29 is 9.53 Å². The fourth-order valence-corrected chi connectivity index (χ4v) is 2.01. The number of rotatable bonds is 5. The highest BCUT2D eigenvalue weighted by Gasteiger charge is 2.27. The summed E-state index contributed by atoms with van der Waals surface area (Å²) in [5.41, 5.74) is 0. The Bertz CT molecular complexity index is 209. The van der Waals surface area contributed by atoms with E-state index in [-0.39, 0.29) is 11.9 Å². The fraction of sp³-hybridized carbons (Fsp3) is 0.909. The predicted octanol–water partition coefficient (Wildman–Crippen LogP) is 0.526. The molecular formula is C11H22N2O2. The summed E-state index contributed by atoms with van der Waals surface area (Å²) in [7, 11) is 1.66. The maximum Gasteiger partial charge on any atom is 0.236 e. The van der Waals surface area contributed by atoms with E-state index < -0.39 is 0 Å². The van der Waals surface area contributed by atoms with Gasteiger partial charge in [-0.25, -0.2) is 0 Å². The van der Waals surface area contributed by atoms with E-state index in [1.165, 1.54) is 0 Å². The summed E-state index contributed by atoms with van der Waals surface area (Å²) >= 11 is 0. The van der Waals surface area contributed by atoms with Crippen molar-refractivity contribution in [3.05, 3.63) is 0 Å². The second kappa shape index (κ2) is 6.08. The normalized spacial score (nSPS) is 27.7. The smallest absolute Gasteiger partial charge is 0.236 e. The lowest BCUT2D eigenvalue weighted by Crippen LogP contribution is -2.43. The Kier molecular flexibility index (Phi) is 5.05. The molecule has 0 spiro atoms. The van der Waals surface area contributed by atoms with Crippen molar-refractivity contribution in [1.82, 2.24) is 10.6 Å². The lowest BCUT2D eigenvalue weighted by atomic mass is 9.99. The van der Waals surface area contributed by atoms with Crippen LogP contribution in [0.2, 0.25) is 0 Å². The van der Waals surface area contributed by atoms with Crippen LogP contribution < -0.4 is 10.6 Å². The van der Waals surface area contributed by atoms with Crippen LogP contribution in [0.5, 0.6) is 0 Å². The molecule has 15 heavy (non-hydrogen) atoms. The number of hydrogen-bond acceptors (Lipinski definition) is 3. The first-order chi connectivity index (χ1) is 7.19. The molecule has 4 nitrogen and oxygen atoms in total. The first kappa shape index (κ1) is 12.5. The van der Waals surface area contributed by atoms with E-state index in [1.807, 2.05) is 6.92 Å². The van der Waals surface area contributed by atoms with Gasteiger partial charge in [0.05, 0.1) is 12.1 Å². The number of amides is 1. The quantitative estimate of drug-likeness (QED) is 0.701. The lowest BCUT2D eigenvalue weighted by molar-refractivity contribution is -0.122. The van der Waals surface area contributed by atoms with Crippen LogP contribution in [0.4, 0.5) is 0 Å². The summed E-state index contributed by atoms with van der Waals surface area (Å²) in [6.07, 6.45) is 2.53. The molecule has 1 saturated heterocycles. The number of ether oxygens (including phenoxy) is 1. The maximum atomic E-state index is 11.3. The Balaban J connectivity index is 2.27. The van der Waals surface area contributed by atoms with Crippen molar-refractivity contribution in [2.45, 2.75) is 38.8 Å². The molecule has 0 aliphatic carbocycles. The molecular weight excluding hydrogens is 192 g/mol. The molecule has 0 aromatic rings. The molecule has 3 unspecified atom stereocenters. The average Bonchev–Trinajstić information content (AvgIpc) is 2.71. The largest absolute Gasteiger partial charge is 0.378 e. The molecule has 0 radical (unpaired) electrons. The van der Waals surface area contributed by atoms with Crippen molar-refractivity contribution in [2.24, 2.45) is 5.92 Å². The van der Waals surface area contributed by atoms with Crippen LogP contribution in [0, 0.1) is 5.92 Å². The molecule has 3 atom stereocenters. The molecule has 0 aromatic carbocycles. The van der Waals surface area contributed by atoms with Crippen LogP contribution in [0.15, 0.2) is 0 Å². The molecule has 1 fully saturated rings. The third-order valence-corrected chi connectivity index (χ3v) is 3.07. The third-order valence-electron chi connectivity index (χ3n) is 3.07. The predicted molar refractivity (Wildman–Crippen MR) is 59.7 cm³/mol. The number of carbonyl (C=O) groups is 1. The van der Waals surface area contributed by atoms with Gasteiger partial charge in [-0.15, -0.1) is 0 Å². The molecule has 1 aliphatic heterocycles. The van der Waals surface area contributed by atoms with Crippen molar-refractivity contribution in [2.75, 3.05) is 20.2 Å². The summed E-state index contributed by atoms with van der Waals surface area (Å²) in [6.45, 7) is 5.76. The zero-order chi connectivity index (χ0) is 11.3. The van der Waals surface area contributed by atoms with E-state index in [0.29, 0.717) is 12.0 Å². The topological polar surface area (TPSA) is 50.4 Å². The molecule has 1 rings (SSSR count). The first-order valence-electron chi connectivity index (χ1n) is 5.75. The molecule has 88 valence electrons. The van der Waals surface area contributed by atoms with Crippen molar-refractivity contribution in [1.29, 1.82) is 0 Å². The Labute approximate surface area is 91.8 Å². The molecule has 0 bridgehead atoms. The van der Waals surface area contributed by atoms with Crippen LogP contribution in [-0.4, -0.2) is 38.3 Å². The summed E-state index contributed by atoms with van der Waals surface area (Å²) in [4.78, 5) is 11.3. The summed E-state index contributed by atoms with van der Waals surface area (Å²) in [6, 6.07) is -0.117. The van der Waals surface area contributed by atoms with E-state index in [1.54, 1.807) is 7.05 Å². The van der Waals surface area contributed by atoms with Gasteiger partial charge in [0.15, 0.2) is 0 Å². The van der Waals surface area contributed by atoms with Gasteiger partial charge in [-0.2, -0.15) is 0 Å². The van der Waals surface area contributed by atoms with Gasteiger partial charge in [0.2, 0.25) is 5.91 Å². The highest BCUT2D eigenvalue weighted by atomic mass is 16.5.